The van der Waals surface area contributed by atoms with Crippen LogP contribution in [-0.4, -0.2) is 96.7 Å². The molecule has 0 saturated carbocycles. The summed E-state index contributed by atoms with van der Waals surface area (Å²) in [6.07, 6.45) is 29.9. The molecular weight excluding hydrogens is 1020 g/mol. The molecule has 17 nitrogen and oxygen atoms in total. The Labute approximate surface area is 460 Å². The van der Waals surface area contributed by atoms with Crippen LogP contribution in [-0.2, 0) is 65.4 Å². The van der Waals surface area contributed by atoms with Gasteiger partial charge in [0, 0.05) is 25.7 Å². The zero-order valence-electron chi connectivity index (χ0n) is 48.5. The van der Waals surface area contributed by atoms with E-state index in [1.165, 1.54) is 77.0 Å². The molecule has 0 spiro atoms. The molecule has 76 heavy (non-hydrogen) atoms. The van der Waals surface area contributed by atoms with E-state index in [-0.39, 0.29) is 25.7 Å². The highest BCUT2D eigenvalue weighted by Crippen LogP contribution is 2.45. The molecule has 450 valence electrons. The third-order valence-corrected chi connectivity index (χ3v) is 15.2. The summed E-state index contributed by atoms with van der Waals surface area (Å²) in [7, 11) is -9.86. The molecule has 0 aromatic carbocycles. The number of hydrogen-bond donors (Lipinski definition) is 3. The van der Waals surface area contributed by atoms with Crippen LogP contribution in [0.1, 0.15) is 273 Å². The second-order valence-corrected chi connectivity index (χ2v) is 24.3. The van der Waals surface area contributed by atoms with E-state index in [1.54, 1.807) is 0 Å². The van der Waals surface area contributed by atoms with Crippen LogP contribution >= 0.6 is 15.6 Å². The highest BCUT2D eigenvalue weighted by Gasteiger charge is 2.30. The number of aliphatic hydroxyl groups is 1. The second kappa shape index (κ2) is 50.1. The molecule has 0 amide bonds. The molecule has 0 aliphatic heterocycles. The summed E-state index contributed by atoms with van der Waals surface area (Å²) in [6, 6.07) is 0. The van der Waals surface area contributed by atoms with Crippen molar-refractivity contribution >= 4 is 39.5 Å². The standard InChI is InChI=1S/C57H110O17P2/c1-7-10-12-14-15-16-17-18-19-20-29-35-41-56(61)73-53(46-68-55(60)40-34-28-24-22-27-32-38-50(6)9-3)48-72-76(65,66)70-44-51(58)43-69-75(63,64)71-47-52(45-67-54(59)39-33-25-13-11-8-2)74-57(62)42-36-30-23-21-26-31-37-49(4)5/h49-53,58H,7-48H2,1-6H3,(H,63,64)(H,65,66)/t50?,51-,52+,53+/m0/s1. The van der Waals surface area contributed by atoms with Crippen molar-refractivity contribution < 1.29 is 80.2 Å². The number of aliphatic hydroxyl groups excluding tert-OH is 1. The van der Waals surface area contributed by atoms with Gasteiger partial charge in [0.1, 0.15) is 19.3 Å². The fraction of sp³-hybridized carbons (Fsp3) is 0.930. The van der Waals surface area contributed by atoms with Gasteiger partial charge in [-0.15, -0.1) is 0 Å². The van der Waals surface area contributed by atoms with E-state index >= 15 is 0 Å². The molecule has 0 radical (unpaired) electrons. The third kappa shape index (κ3) is 50.3. The number of carbonyl (C=O) groups excluding carboxylic acids is 4. The maximum Gasteiger partial charge on any atom is 0.472 e. The van der Waals surface area contributed by atoms with Crippen molar-refractivity contribution in [1.29, 1.82) is 0 Å². The normalized spacial score (nSPS) is 14.9. The van der Waals surface area contributed by atoms with Gasteiger partial charge in [-0.25, -0.2) is 9.13 Å². The first-order valence-corrected chi connectivity index (χ1v) is 33.0. The van der Waals surface area contributed by atoms with Gasteiger partial charge < -0.3 is 33.8 Å². The van der Waals surface area contributed by atoms with E-state index in [0.29, 0.717) is 31.6 Å². The van der Waals surface area contributed by atoms with Gasteiger partial charge in [-0.1, -0.05) is 221 Å². The van der Waals surface area contributed by atoms with Crippen molar-refractivity contribution in [3.05, 3.63) is 0 Å². The van der Waals surface area contributed by atoms with Gasteiger partial charge in [-0.3, -0.25) is 37.3 Å². The summed E-state index contributed by atoms with van der Waals surface area (Å²) in [4.78, 5) is 71.6. The Kier molecular flexibility index (Phi) is 48.8. The Hall–Kier alpha value is -1.94. The fourth-order valence-electron chi connectivity index (χ4n) is 8.26. The van der Waals surface area contributed by atoms with Crippen molar-refractivity contribution in [2.24, 2.45) is 11.8 Å². The van der Waals surface area contributed by atoms with Crippen LogP contribution in [0.15, 0.2) is 0 Å². The van der Waals surface area contributed by atoms with Gasteiger partial charge in [-0.2, -0.15) is 0 Å². The van der Waals surface area contributed by atoms with Gasteiger partial charge in [0.25, 0.3) is 0 Å². The summed E-state index contributed by atoms with van der Waals surface area (Å²) in [6.45, 7) is 9.21. The van der Waals surface area contributed by atoms with Crippen LogP contribution in [0, 0.1) is 11.8 Å². The van der Waals surface area contributed by atoms with Gasteiger partial charge in [0.15, 0.2) is 12.2 Å². The van der Waals surface area contributed by atoms with E-state index in [9.17, 15) is 43.2 Å². The van der Waals surface area contributed by atoms with Crippen LogP contribution in [0.4, 0.5) is 0 Å². The molecule has 0 aromatic rings. The molecule has 0 heterocycles. The Bertz CT molecular complexity index is 1520. The van der Waals surface area contributed by atoms with Crippen molar-refractivity contribution in [3.8, 4) is 0 Å². The van der Waals surface area contributed by atoms with Gasteiger partial charge in [0.2, 0.25) is 0 Å². The van der Waals surface area contributed by atoms with Crippen molar-refractivity contribution in [3.63, 3.8) is 0 Å². The Morgan fingerprint density at radius 1 is 0.382 bits per heavy atom. The van der Waals surface area contributed by atoms with Gasteiger partial charge in [-0.05, 0) is 37.5 Å². The highest BCUT2D eigenvalue weighted by atomic mass is 31.2. The summed E-state index contributed by atoms with van der Waals surface area (Å²) >= 11 is 0. The highest BCUT2D eigenvalue weighted by molar-refractivity contribution is 7.47. The second-order valence-electron chi connectivity index (χ2n) is 21.4. The largest absolute Gasteiger partial charge is 0.472 e. The zero-order chi connectivity index (χ0) is 56.6. The Morgan fingerprint density at radius 3 is 1.00 bits per heavy atom. The van der Waals surface area contributed by atoms with Crippen LogP contribution in [0.5, 0.6) is 0 Å². The van der Waals surface area contributed by atoms with E-state index in [4.69, 9.17) is 37.0 Å². The molecule has 19 heteroatoms. The van der Waals surface area contributed by atoms with Gasteiger partial charge >= 0.3 is 39.5 Å². The zero-order valence-corrected chi connectivity index (χ0v) is 50.3. The molecule has 0 bridgehead atoms. The van der Waals surface area contributed by atoms with Crippen molar-refractivity contribution in [1.82, 2.24) is 0 Å². The van der Waals surface area contributed by atoms with Gasteiger partial charge in [0.05, 0.1) is 26.4 Å². The lowest BCUT2D eigenvalue weighted by Gasteiger charge is -2.21. The number of phosphoric ester groups is 2. The SMILES string of the molecule is CCCCCCCCCCCCCCC(=O)O[C@H](COC(=O)CCCCCCCCC(C)CC)COP(=O)(O)OC[C@@H](O)COP(=O)(O)OC[C@@H](COC(=O)CCCCCCC)OC(=O)CCCCCCCCC(C)C. The van der Waals surface area contributed by atoms with Crippen LogP contribution in [0.3, 0.4) is 0 Å². The molecule has 0 aliphatic carbocycles. The van der Waals surface area contributed by atoms with Crippen LogP contribution in [0.2, 0.25) is 0 Å². The number of phosphoric acid groups is 2. The maximum atomic E-state index is 12.9. The topological polar surface area (TPSA) is 237 Å². The number of carbonyl (C=O) groups is 4. The van der Waals surface area contributed by atoms with E-state index in [2.05, 4.69) is 41.5 Å². The molecule has 6 atom stereocenters. The minimum absolute atomic E-state index is 0.101. The summed E-state index contributed by atoms with van der Waals surface area (Å²) in [5.41, 5.74) is 0. The number of rotatable bonds is 56. The Balaban J connectivity index is 5.20. The van der Waals surface area contributed by atoms with Crippen LogP contribution < -0.4 is 0 Å². The quantitative estimate of drug-likeness (QED) is 0.0222. The first-order valence-electron chi connectivity index (χ1n) is 30.0. The van der Waals surface area contributed by atoms with E-state index in [0.717, 1.165) is 109 Å². The lowest BCUT2D eigenvalue weighted by molar-refractivity contribution is -0.161. The molecule has 3 N–H and O–H groups in total. The minimum Gasteiger partial charge on any atom is -0.462 e. The average Bonchev–Trinajstić information content (AvgIpc) is 3.38. The third-order valence-electron chi connectivity index (χ3n) is 13.3. The molecule has 3 unspecified atom stereocenters. The maximum absolute atomic E-state index is 12.9. The molecule has 0 aromatic heterocycles. The summed E-state index contributed by atoms with van der Waals surface area (Å²) < 4.78 is 67.5. The van der Waals surface area contributed by atoms with E-state index in [1.807, 2.05) is 0 Å². The summed E-state index contributed by atoms with van der Waals surface area (Å²) in [5, 5.41) is 10.5. The fourth-order valence-corrected chi connectivity index (χ4v) is 9.84. The number of ether oxygens (including phenoxy) is 4. The van der Waals surface area contributed by atoms with Crippen molar-refractivity contribution in [2.75, 3.05) is 39.6 Å². The van der Waals surface area contributed by atoms with E-state index < -0.39 is 97.5 Å². The number of esters is 4. The molecule has 0 fully saturated rings. The predicted molar refractivity (Wildman–Crippen MR) is 298 cm³/mol. The van der Waals surface area contributed by atoms with Crippen LogP contribution in [0.25, 0.3) is 0 Å². The number of unbranched alkanes of at least 4 members (excludes halogenated alkanes) is 25. The molecule has 0 saturated heterocycles. The monoisotopic (exact) mass is 1130 g/mol. The Morgan fingerprint density at radius 2 is 0.671 bits per heavy atom. The minimum atomic E-state index is -4.94. The van der Waals surface area contributed by atoms with Crippen molar-refractivity contribution in [2.45, 2.75) is 291 Å². The lowest BCUT2D eigenvalue weighted by atomic mass is 10.00. The summed E-state index contributed by atoms with van der Waals surface area (Å²) in [5.74, 6) is -0.758. The molecule has 0 aliphatic rings. The molecular formula is C57H110O17P2. The first-order chi connectivity index (χ1) is 36.4. The average molecular weight is 1130 g/mol. The smallest absolute Gasteiger partial charge is 0.462 e. The first kappa shape index (κ1) is 74.1. The number of hydrogen-bond acceptors (Lipinski definition) is 15. The lowest BCUT2D eigenvalue weighted by Crippen LogP contribution is -2.30. The predicted octanol–water partition coefficient (Wildman–Crippen LogP) is 14.9. The molecule has 0 rings (SSSR count).